The van der Waals surface area contributed by atoms with E-state index >= 15 is 0 Å². The van der Waals surface area contributed by atoms with Gasteiger partial charge in [0.2, 0.25) is 0 Å². The van der Waals surface area contributed by atoms with Crippen LogP contribution in [0.5, 0.6) is 0 Å². The molecule has 29 heavy (non-hydrogen) atoms. The fraction of sp³-hybridized carbons (Fsp3) is 0.696. The van der Waals surface area contributed by atoms with Crippen LogP contribution in [0.1, 0.15) is 80.2 Å². The van der Waals surface area contributed by atoms with Crippen molar-refractivity contribution < 1.29 is 18.3 Å². The molecule has 1 heterocycles. The molecule has 0 spiro atoms. The molecule has 6 heteroatoms. The van der Waals surface area contributed by atoms with Crippen LogP contribution in [0.25, 0.3) is 0 Å². The van der Waals surface area contributed by atoms with Crippen LogP contribution < -0.4 is 5.32 Å². The van der Waals surface area contributed by atoms with E-state index in [2.05, 4.69) is 5.32 Å². The molecule has 0 bridgehead atoms. The Balaban J connectivity index is -0.000000754. The van der Waals surface area contributed by atoms with Gasteiger partial charge in [0.05, 0.1) is 17.1 Å². The van der Waals surface area contributed by atoms with Gasteiger partial charge >= 0.3 is 5.97 Å². The van der Waals surface area contributed by atoms with Crippen molar-refractivity contribution in [2.45, 2.75) is 86.0 Å². The van der Waals surface area contributed by atoms with E-state index < -0.39 is 15.8 Å². The normalized spacial score (nSPS) is 13.0. The Hall–Kier alpha value is -1.40. The van der Waals surface area contributed by atoms with Crippen molar-refractivity contribution >= 4 is 15.8 Å². The number of carboxylic acid groups (broad SMARTS) is 1. The van der Waals surface area contributed by atoms with Crippen molar-refractivity contribution in [2.24, 2.45) is 5.92 Å². The molecule has 2 N–H and O–H groups in total. The predicted molar refractivity (Wildman–Crippen MR) is 125 cm³/mol. The highest BCUT2D eigenvalue weighted by Crippen LogP contribution is 2.20. The van der Waals surface area contributed by atoms with Gasteiger partial charge in [-0.3, -0.25) is 4.79 Å². The summed E-state index contributed by atoms with van der Waals surface area (Å²) in [5.41, 5.74) is 0.611. The minimum absolute atomic E-state index is 0.0879. The largest absolute Gasteiger partial charge is 0.481 e. The van der Waals surface area contributed by atoms with Crippen LogP contribution in [-0.4, -0.2) is 38.3 Å². The average molecular weight is 432 g/mol. The first-order chi connectivity index (χ1) is 14.0. The smallest absolute Gasteiger partial charge is 0.307 e. The van der Waals surface area contributed by atoms with E-state index in [1.807, 2.05) is 55.4 Å². The molecule has 5 nitrogen and oxygen atoms in total. The number of aliphatic carboxylic acids is 1. The van der Waals surface area contributed by atoms with Crippen molar-refractivity contribution in [1.82, 2.24) is 5.32 Å². The van der Waals surface area contributed by atoms with Crippen LogP contribution in [0.15, 0.2) is 29.2 Å². The van der Waals surface area contributed by atoms with E-state index in [1.165, 1.54) is 12.1 Å². The molecule has 1 aromatic rings. The third-order valence-corrected chi connectivity index (χ3v) is 5.65. The van der Waals surface area contributed by atoms with Crippen LogP contribution in [0, 0.1) is 5.92 Å². The summed E-state index contributed by atoms with van der Waals surface area (Å²) in [4.78, 5) is 10.9. The molecule has 172 valence electrons. The van der Waals surface area contributed by atoms with Gasteiger partial charge in [0.15, 0.2) is 9.84 Å². The number of carbonyl (C=O) groups is 1. The molecule has 1 aliphatic heterocycles. The van der Waals surface area contributed by atoms with Gasteiger partial charge in [-0.25, -0.2) is 8.42 Å². The first kappa shape index (κ1) is 32.3. The SMILES string of the molecule is CC.CC.CC.CC.O=C(O)Cc1ccc(S(=O)(=O)CCC2CCNCC2)cc1. The lowest BCUT2D eigenvalue weighted by Gasteiger charge is -2.22. The maximum atomic E-state index is 12.3. The van der Waals surface area contributed by atoms with E-state index in [0.29, 0.717) is 17.9 Å². The second kappa shape index (κ2) is 21.3. The Labute approximate surface area is 180 Å². The summed E-state index contributed by atoms with van der Waals surface area (Å²) < 4.78 is 24.6. The van der Waals surface area contributed by atoms with Crippen LogP contribution in [0.2, 0.25) is 0 Å². The van der Waals surface area contributed by atoms with Gasteiger partial charge < -0.3 is 10.4 Å². The second-order valence-electron chi connectivity index (χ2n) is 5.52. The van der Waals surface area contributed by atoms with Crippen molar-refractivity contribution in [3.8, 4) is 0 Å². The van der Waals surface area contributed by atoms with Crippen LogP contribution >= 0.6 is 0 Å². The first-order valence-electron chi connectivity index (χ1n) is 11.2. The molecule has 0 unspecified atom stereocenters. The third kappa shape index (κ3) is 15.1. The quantitative estimate of drug-likeness (QED) is 0.614. The summed E-state index contributed by atoms with van der Waals surface area (Å²) in [6, 6.07) is 6.17. The predicted octanol–water partition coefficient (Wildman–Crippen LogP) is 5.58. The number of nitrogens with one attached hydrogen (secondary N) is 1. The molecule has 1 aliphatic rings. The fourth-order valence-corrected chi connectivity index (χ4v) is 4.03. The highest BCUT2D eigenvalue weighted by molar-refractivity contribution is 7.91. The lowest BCUT2D eigenvalue weighted by Crippen LogP contribution is -2.28. The Kier molecular flexibility index (Phi) is 23.7. The number of benzene rings is 1. The fourth-order valence-electron chi connectivity index (χ4n) is 2.60. The molecular weight excluding hydrogens is 386 g/mol. The summed E-state index contributed by atoms with van der Waals surface area (Å²) in [5, 5.41) is 12.0. The number of hydrogen-bond acceptors (Lipinski definition) is 4. The van der Waals surface area contributed by atoms with E-state index in [-0.39, 0.29) is 17.1 Å². The Morgan fingerprint density at radius 1 is 0.931 bits per heavy atom. The molecule has 0 radical (unpaired) electrons. The molecular formula is C23H45NO4S. The van der Waals surface area contributed by atoms with E-state index in [0.717, 1.165) is 25.9 Å². The molecule has 0 atom stereocenters. The standard InChI is InChI=1S/C15H21NO4S.4C2H6/c17-15(18)11-13-1-3-14(4-2-13)21(19,20)10-7-12-5-8-16-9-6-12;4*1-2/h1-4,12,16H,5-11H2,(H,17,18);4*1-2H3. The van der Waals surface area contributed by atoms with Gasteiger partial charge in [0.25, 0.3) is 0 Å². The highest BCUT2D eigenvalue weighted by Gasteiger charge is 2.19. The van der Waals surface area contributed by atoms with Crippen molar-refractivity contribution in [3.05, 3.63) is 29.8 Å². The molecule has 0 amide bonds. The first-order valence-corrected chi connectivity index (χ1v) is 12.9. The van der Waals surface area contributed by atoms with Gasteiger partial charge in [0.1, 0.15) is 0 Å². The van der Waals surface area contributed by atoms with Crippen LogP contribution in [0.4, 0.5) is 0 Å². The van der Waals surface area contributed by atoms with Crippen molar-refractivity contribution in [2.75, 3.05) is 18.8 Å². The zero-order valence-corrected chi connectivity index (χ0v) is 20.7. The molecule has 1 fully saturated rings. The van der Waals surface area contributed by atoms with Crippen LogP contribution in [-0.2, 0) is 21.1 Å². The van der Waals surface area contributed by atoms with Gasteiger partial charge in [-0.15, -0.1) is 0 Å². The van der Waals surface area contributed by atoms with Gasteiger partial charge in [0, 0.05) is 0 Å². The van der Waals surface area contributed by atoms with E-state index in [1.54, 1.807) is 12.1 Å². The monoisotopic (exact) mass is 431 g/mol. The third-order valence-electron chi connectivity index (χ3n) is 3.89. The average Bonchev–Trinajstić information content (AvgIpc) is 2.79. The summed E-state index contributed by atoms with van der Waals surface area (Å²) in [6.45, 7) is 17.9. The summed E-state index contributed by atoms with van der Waals surface area (Å²) in [5.74, 6) is -0.278. The Morgan fingerprint density at radius 3 is 1.79 bits per heavy atom. The van der Waals surface area contributed by atoms with Gasteiger partial charge in [-0.2, -0.15) is 0 Å². The minimum atomic E-state index is -3.27. The number of carboxylic acids is 1. The topological polar surface area (TPSA) is 83.5 Å². The molecule has 0 saturated carbocycles. The number of rotatable bonds is 6. The molecule has 1 aromatic carbocycles. The lowest BCUT2D eigenvalue weighted by atomic mass is 9.96. The molecule has 1 saturated heterocycles. The number of piperidine rings is 1. The maximum Gasteiger partial charge on any atom is 0.307 e. The Morgan fingerprint density at radius 2 is 1.38 bits per heavy atom. The lowest BCUT2D eigenvalue weighted by molar-refractivity contribution is -0.136. The summed E-state index contributed by atoms with van der Waals surface area (Å²) in [6.07, 6.45) is 2.68. The summed E-state index contributed by atoms with van der Waals surface area (Å²) >= 11 is 0. The minimum Gasteiger partial charge on any atom is -0.481 e. The highest BCUT2D eigenvalue weighted by atomic mass is 32.2. The molecule has 0 aromatic heterocycles. The molecule has 2 rings (SSSR count). The van der Waals surface area contributed by atoms with Gasteiger partial charge in [-0.1, -0.05) is 67.5 Å². The second-order valence-corrected chi connectivity index (χ2v) is 7.62. The number of hydrogen-bond donors (Lipinski definition) is 2. The summed E-state index contributed by atoms with van der Waals surface area (Å²) in [7, 11) is -3.27. The zero-order chi connectivity index (χ0) is 23.3. The molecule has 0 aliphatic carbocycles. The van der Waals surface area contributed by atoms with E-state index in [4.69, 9.17) is 5.11 Å². The van der Waals surface area contributed by atoms with Crippen molar-refractivity contribution in [3.63, 3.8) is 0 Å². The number of sulfone groups is 1. The Bertz CT molecular complexity index is 577. The zero-order valence-electron chi connectivity index (χ0n) is 19.9. The maximum absolute atomic E-state index is 12.3. The van der Waals surface area contributed by atoms with Crippen molar-refractivity contribution in [1.29, 1.82) is 0 Å². The van der Waals surface area contributed by atoms with Crippen LogP contribution in [0.3, 0.4) is 0 Å². The van der Waals surface area contributed by atoms with E-state index in [9.17, 15) is 13.2 Å². The van der Waals surface area contributed by atoms with Gasteiger partial charge in [-0.05, 0) is 56.0 Å².